The van der Waals surface area contributed by atoms with Crippen molar-refractivity contribution in [2.75, 3.05) is 44.7 Å². The van der Waals surface area contributed by atoms with Gasteiger partial charge in [-0.05, 0) is 24.3 Å². The van der Waals surface area contributed by atoms with Crippen LogP contribution in [0.3, 0.4) is 0 Å². The van der Waals surface area contributed by atoms with E-state index in [0.717, 1.165) is 5.69 Å². The highest BCUT2D eigenvalue weighted by Gasteiger charge is 2.25. The van der Waals surface area contributed by atoms with E-state index in [1.165, 1.54) is 12.1 Å². The van der Waals surface area contributed by atoms with Crippen LogP contribution in [0, 0.1) is 5.82 Å². The van der Waals surface area contributed by atoms with Crippen LogP contribution in [0.1, 0.15) is 10.4 Å². The highest BCUT2D eigenvalue weighted by atomic mass is 19.1. The molecular formula is C20H22FN3O2. The molecule has 2 aromatic rings. The van der Waals surface area contributed by atoms with Crippen molar-refractivity contribution in [3.8, 4) is 0 Å². The van der Waals surface area contributed by atoms with Crippen LogP contribution in [0.25, 0.3) is 0 Å². The Balaban J connectivity index is 1.53. The van der Waals surface area contributed by atoms with Crippen molar-refractivity contribution in [2.24, 2.45) is 0 Å². The second-order valence-corrected chi connectivity index (χ2v) is 6.34. The van der Waals surface area contributed by atoms with E-state index in [-0.39, 0.29) is 17.4 Å². The standard InChI is InChI=1S/C20H22FN3O2/c1-22(16-7-3-2-4-8-16)19(25)15-23-11-13-24(14-12-23)20(26)17-9-5-6-10-18(17)21/h2-10H,11-15H2,1H3. The van der Waals surface area contributed by atoms with Gasteiger partial charge in [-0.1, -0.05) is 30.3 Å². The van der Waals surface area contributed by atoms with Crippen LogP contribution in [0.5, 0.6) is 0 Å². The third kappa shape index (κ3) is 4.08. The molecular weight excluding hydrogens is 333 g/mol. The Morgan fingerprint density at radius 1 is 0.962 bits per heavy atom. The van der Waals surface area contributed by atoms with Gasteiger partial charge >= 0.3 is 0 Å². The molecule has 2 amide bonds. The lowest BCUT2D eigenvalue weighted by molar-refractivity contribution is -0.119. The van der Waals surface area contributed by atoms with Crippen molar-refractivity contribution in [2.45, 2.75) is 0 Å². The highest BCUT2D eigenvalue weighted by Crippen LogP contribution is 2.14. The molecule has 0 spiro atoms. The van der Waals surface area contributed by atoms with Crippen molar-refractivity contribution in [1.29, 1.82) is 0 Å². The number of carbonyl (C=O) groups is 2. The van der Waals surface area contributed by atoms with Gasteiger partial charge in [0.05, 0.1) is 12.1 Å². The van der Waals surface area contributed by atoms with Gasteiger partial charge in [0.25, 0.3) is 5.91 Å². The van der Waals surface area contributed by atoms with Gasteiger partial charge in [0.2, 0.25) is 5.91 Å². The SMILES string of the molecule is CN(C(=O)CN1CCN(C(=O)c2ccccc2F)CC1)c1ccccc1. The summed E-state index contributed by atoms with van der Waals surface area (Å²) in [5, 5.41) is 0. The van der Waals surface area contributed by atoms with Gasteiger partial charge in [0.15, 0.2) is 0 Å². The molecule has 0 aliphatic carbocycles. The fourth-order valence-corrected chi connectivity index (χ4v) is 3.01. The van der Waals surface area contributed by atoms with Crippen molar-refractivity contribution in [3.05, 3.63) is 66.0 Å². The number of hydrogen-bond donors (Lipinski definition) is 0. The molecule has 6 heteroatoms. The van der Waals surface area contributed by atoms with E-state index >= 15 is 0 Å². The van der Waals surface area contributed by atoms with Crippen LogP contribution in [0.15, 0.2) is 54.6 Å². The van der Waals surface area contributed by atoms with Gasteiger partial charge in [-0.3, -0.25) is 14.5 Å². The van der Waals surface area contributed by atoms with E-state index in [1.54, 1.807) is 29.0 Å². The summed E-state index contributed by atoms with van der Waals surface area (Å²) >= 11 is 0. The molecule has 2 aromatic carbocycles. The molecule has 0 radical (unpaired) electrons. The normalized spacial score (nSPS) is 14.9. The van der Waals surface area contributed by atoms with Gasteiger partial charge in [0, 0.05) is 38.9 Å². The predicted molar refractivity (Wildman–Crippen MR) is 98.6 cm³/mol. The molecule has 26 heavy (non-hydrogen) atoms. The zero-order chi connectivity index (χ0) is 18.5. The molecule has 0 aromatic heterocycles. The van der Waals surface area contributed by atoms with Crippen LogP contribution < -0.4 is 4.90 Å². The first kappa shape index (κ1) is 18.1. The summed E-state index contributed by atoms with van der Waals surface area (Å²) in [4.78, 5) is 30.2. The number of likely N-dealkylation sites (N-methyl/N-ethyl adjacent to an activating group) is 1. The number of amides is 2. The number of rotatable bonds is 4. The molecule has 0 atom stereocenters. The Morgan fingerprint density at radius 3 is 2.23 bits per heavy atom. The first-order chi connectivity index (χ1) is 12.6. The van der Waals surface area contributed by atoms with Gasteiger partial charge in [-0.15, -0.1) is 0 Å². The van der Waals surface area contributed by atoms with Crippen LogP contribution >= 0.6 is 0 Å². The van der Waals surface area contributed by atoms with E-state index in [0.29, 0.717) is 32.7 Å². The van der Waals surface area contributed by atoms with Crippen LogP contribution in [0.2, 0.25) is 0 Å². The summed E-state index contributed by atoms with van der Waals surface area (Å²) in [6.45, 7) is 2.45. The summed E-state index contributed by atoms with van der Waals surface area (Å²) in [7, 11) is 1.76. The number of hydrogen-bond acceptors (Lipinski definition) is 3. The Bertz CT molecular complexity index is 774. The summed E-state index contributed by atoms with van der Waals surface area (Å²) in [5.74, 6) is -0.792. The van der Waals surface area contributed by atoms with Crippen LogP contribution in [0.4, 0.5) is 10.1 Å². The topological polar surface area (TPSA) is 43.9 Å². The Kier molecular flexibility index (Phi) is 5.63. The monoisotopic (exact) mass is 355 g/mol. The first-order valence-electron chi connectivity index (χ1n) is 8.64. The maximum absolute atomic E-state index is 13.8. The second-order valence-electron chi connectivity index (χ2n) is 6.34. The number of nitrogens with zero attached hydrogens (tertiary/aromatic N) is 3. The van der Waals surface area contributed by atoms with Crippen molar-refractivity contribution >= 4 is 17.5 Å². The molecule has 0 unspecified atom stereocenters. The number of anilines is 1. The molecule has 5 nitrogen and oxygen atoms in total. The molecule has 3 rings (SSSR count). The minimum Gasteiger partial charge on any atom is -0.336 e. The second kappa shape index (κ2) is 8.10. The molecule has 1 fully saturated rings. The summed E-state index contributed by atoms with van der Waals surface area (Å²) in [6.07, 6.45) is 0. The minimum atomic E-state index is -0.500. The van der Waals surface area contributed by atoms with Gasteiger partial charge in [0.1, 0.15) is 5.82 Å². The molecule has 0 saturated carbocycles. The van der Waals surface area contributed by atoms with Crippen LogP contribution in [-0.4, -0.2) is 61.4 Å². The third-order valence-corrected chi connectivity index (χ3v) is 4.64. The molecule has 0 N–H and O–H groups in total. The number of carbonyl (C=O) groups excluding carboxylic acids is 2. The molecule has 1 heterocycles. The smallest absolute Gasteiger partial charge is 0.256 e. The lowest BCUT2D eigenvalue weighted by Gasteiger charge is -2.35. The van der Waals surface area contributed by atoms with E-state index in [4.69, 9.17) is 0 Å². The largest absolute Gasteiger partial charge is 0.336 e. The lowest BCUT2D eigenvalue weighted by atomic mass is 10.1. The number of piperazine rings is 1. The van der Waals surface area contributed by atoms with E-state index in [1.807, 2.05) is 35.2 Å². The van der Waals surface area contributed by atoms with E-state index in [9.17, 15) is 14.0 Å². The number of para-hydroxylation sites is 1. The minimum absolute atomic E-state index is 0.00470. The third-order valence-electron chi connectivity index (χ3n) is 4.64. The molecule has 1 aliphatic rings. The predicted octanol–water partition coefficient (Wildman–Crippen LogP) is 2.25. The fourth-order valence-electron chi connectivity index (χ4n) is 3.01. The van der Waals surface area contributed by atoms with Crippen molar-refractivity contribution in [1.82, 2.24) is 9.80 Å². The quantitative estimate of drug-likeness (QED) is 0.845. The zero-order valence-electron chi connectivity index (χ0n) is 14.8. The number of halogens is 1. The average molecular weight is 355 g/mol. The van der Waals surface area contributed by atoms with Crippen molar-refractivity contribution < 1.29 is 14.0 Å². The Morgan fingerprint density at radius 2 is 1.58 bits per heavy atom. The van der Waals surface area contributed by atoms with E-state index < -0.39 is 5.82 Å². The molecule has 1 saturated heterocycles. The Labute approximate surface area is 152 Å². The first-order valence-corrected chi connectivity index (χ1v) is 8.64. The average Bonchev–Trinajstić information content (AvgIpc) is 2.68. The molecule has 136 valence electrons. The van der Waals surface area contributed by atoms with Gasteiger partial charge in [-0.25, -0.2) is 4.39 Å². The van der Waals surface area contributed by atoms with Gasteiger partial charge < -0.3 is 9.80 Å². The maximum atomic E-state index is 13.8. The summed E-state index contributed by atoms with van der Waals surface area (Å²) in [5.41, 5.74) is 0.951. The van der Waals surface area contributed by atoms with Crippen molar-refractivity contribution in [3.63, 3.8) is 0 Å². The zero-order valence-corrected chi connectivity index (χ0v) is 14.8. The lowest BCUT2D eigenvalue weighted by Crippen LogP contribution is -2.51. The van der Waals surface area contributed by atoms with E-state index in [2.05, 4.69) is 0 Å². The van der Waals surface area contributed by atoms with Crippen LogP contribution in [-0.2, 0) is 4.79 Å². The Hall–Kier alpha value is -2.73. The fraction of sp³-hybridized carbons (Fsp3) is 0.300. The maximum Gasteiger partial charge on any atom is 0.256 e. The molecule has 1 aliphatic heterocycles. The number of benzene rings is 2. The summed E-state index contributed by atoms with van der Waals surface area (Å²) < 4.78 is 13.8. The molecule has 0 bridgehead atoms. The highest BCUT2D eigenvalue weighted by molar-refractivity contribution is 5.95. The summed E-state index contributed by atoms with van der Waals surface area (Å²) in [6, 6.07) is 15.5. The van der Waals surface area contributed by atoms with Gasteiger partial charge in [-0.2, -0.15) is 0 Å².